The topological polar surface area (TPSA) is 78.9 Å². The van der Waals surface area contributed by atoms with Crippen molar-refractivity contribution in [3.63, 3.8) is 0 Å². The van der Waals surface area contributed by atoms with E-state index >= 15 is 0 Å². The number of anilines is 1. The molecule has 0 heterocycles. The molecular formula is C14H16N2O4. The molecule has 0 bridgehead atoms. The van der Waals surface area contributed by atoms with Crippen molar-refractivity contribution in [3.05, 3.63) is 24.3 Å². The van der Waals surface area contributed by atoms with Crippen molar-refractivity contribution in [2.24, 2.45) is 0 Å². The number of benzene rings is 1. The molecule has 1 atom stereocenters. The number of urea groups is 1. The maximum atomic E-state index is 11.9. The summed E-state index contributed by atoms with van der Waals surface area (Å²) < 4.78 is 5.02. The molecule has 106 valence electrons. The molecule has 0 saturated heterocycles. The van der Waals surface area contributed by atoms with Gasteiger partial charge in [0.05, 0.1) is 7.11 Å². The minimum Gasteiger partial charge on any atom is -0.497 e. The Morgan fingerprint density at radius 2 is 2.05 bits per heavy atom. The molecule has 6 heteroatoms. The third-order valence-electron chi connectivity index (χ3n) is 2.68. The van der Waals surface area contributed by atoms with E-state index in [9.17, 15) is 9.59 Å². The summed E-state index contributed by atoms with van der Waals surface area (Å²) in [7, 11) is 3.08. The van der Waals surface area contributed by atoms with Crippen molar-refractivity contribution >= 4 is 17.7 Å². The third-order valence-corrected chi connectivity index (χ3v) is 2.68. The lowest BCUT2D eigenvalue weighted by Crippen LogP contribution is -2.46. The zero-order valence-corrected chi connectivity index (χ0v) is 11.3. The van der Waals surface area contributed by atoms with Gasteiger partial charge >= 0.3 is 12.0 Å². The number of nitrogens with one attached hydrogen (secondary N) is 1. The molecule has 0 aliphatic rings. The molecule has 6 nitrogen and oxygen atoms in total. The molecule has 2 amide bonds. The van der Waals surface area contributed by atoms with E-state index in [1.54, 1.807) is 31.4 Å². The first-order valence-electron chi connectivity index (χ1n) is 5.84. The molecule has 1 rings (SSSR count). The van der Waals surface area contributed by atoms with Crippen LogP contribution in [0.4, 0.5) is 10.5 Å². The average molecular weight is 276 g/mol. The molecule has 0 aliphatic heterocycles. The highest BCUT2D eigenvalue weighted by atomic mass is 16.5. The molecule has 0 radical (unpaired) electrons. The lowest BCUT2D eigenvalue weighted by molar-refractivity contribution is -0.139. The van der Waals surface area contributed by atoms with E-state index < -0.39 is 18.0 Å². The number of amides is 2. The molecule has 0 saturated carbocycles. The number of ether oxygens (including phenoxy) is 1. The fourth-order valence-corrected chi connectivity index (χ4v) is 1.49. The fraction of sp³-hybridized carbons (Fsp3) is 0.286. The maximum absolute atomic E-state index is 11.9. The summed E-state index contributed by atoms with van der Waals surface area (Å²) in [4.78, 5) is 24.2. The zero-order chi connectivity index (χ0) is 15.1. The fourth-order valence-electron chi connectivity index (χ4n) is 1.49. The second-order valence-electron chi connectivity index (χ2n) is 4.01. The van der Waals surface area contributed by atoms with E-state index in [4.69, 9.17) is 16.3 Å². The highest BCUT2D eigenvalue weighted by molar-refractivity contribution is 5.94. The molecule has 0 aliphatic carbocycles. The molecule has 0 aromatic heterocycles. The van der Waals surface area contributed by atoms with E-state index in [1.807, 2.05) is 0 Å². The number of carbonyl (C=O) groups is 2. The molecule has 1 unspecified atom stereocenters. The molecule has 2 N–H and O–H groups in total. The Hall–Kier alpha value is -2.68. The van der Waals surface area contributed by atoms with Gasteiger partial charge in [0.25, 0.3) is 0 Å². The Morgan fingerprint density at radius 1 is 1.45 bits per heavy atom. The number of carboxylic acids is 1. The quantitative estimate of drug-likeness (QED) is 0.795. The van der Waals surface area contributed by atoms with Crippen LogP contribution in [0.25, 0.3) is 0 Å². The molecule has 1 aromatic carbocycles. The first-order valence-corrected chi connectivity index (χ1v) is 5.84. The van der Waals surface area contributed by atoms with Crippen molar-refractivity contribution in [2.45, 2.75) is 12.5 Å². The van der Waals surface area contributed by atoms with Crippen LogP contribution in [0.3, 0.4) is 0 Å². The van der Waals surface area contributed by atoms with Crippen molar-refractivity contribution in [3.8, 4) is 18.1 Å². The largest absolute Gasteiger partial charge is 0.497 e. The number of nitrogens with zero attached hydrogens (tertiary/aromatic N) is 1. The number of rotatable bonds is 5. The van der Waals surface area contributed by atoms with Gasteiger partial charge in [0.1, 0.15) is 11.8 Å². The van der Waals surface area contributed by atoms with Crippen molar-refractivity contribution < 1.29 is 19.4 Å². The smallest absolute Gasteiger partial charge is 0.327 e. The Labute approximate surface area is 117 Å². The summed E-state index contributed by atoms with van der Waals surface area (Å²) in [5.74, 6) is 1.72. The summed E-state index contributed by atoms with van der Waals surface area (Å²) in [6.07, 6.45) is 5.00. The zero-order valence-electron chi connectivity index (χ0n) is 11.3. The van der Waals surface area contributed by atoms with Gasteiger partial charge in [-0.25, -0.2) is 9.59 Å². The average Bonchev–Trinajstić information content (AvgIpc) is 2.45. The van der Waals surface area contributed by atoms with E-state index in [1.165, 1.54) is 11.9 Å². The summed E-state index contributed by atoms with van der Waals surface area (Å²) in [6, 6.07) is 5.14. The van der Waals surface area contributed by atoms with Crippen molar-refractivity contribution in [1.29, 1.82) is 0 Å². The van der Waals surface area contributed by atoms with Gasteiger partial charge in [0.2, 0.25) is 0 Å². The Morgan fingerprint density at radius 3 is 2.50 bits per heavy atom. The molecule has 0 spiro atoms. The molecular weight excluding hydrogens is 260 g/mol. The van der Waals surface area contributed by atoms with Crippen LogP contribution in [0.5, 0.6) is 5.75 Å². The number of aliphatic carboxylic acids is 1. The third kappa shape index (κ3) is 3.92. The Balaban J connectivity index is 2.75. The van der Waals surface area contributed by atoms with Crippen LogP contribution in [-0.2, 0) is 4.79 Å². The normalized spacial score (nSPS) is 11.1. The second-order valence-corrected chi connectivity index (χ2v) is 4.01. The van der Waals surface area contributed by atoms with Crippen molar-refractivity contribution in [1.82, 2.24) is 5.32 Å². The second kappa shape index (κ2) is 7.04. The predicted molar refractivity (Wildman–Crippen MR) is 74.8 cm³/mol. The molecule has 20 heavy (non-hydrogen) atoms. The summed E-state index contributed by atoms with van der Waals surface area (Å²) >= 11 is 0. The van der Waals surface area contributed by atoms with Gasteiger partial charge in [-0.05, 0) is 24.3 Å². The monoisotopic (exact) mass is 276 g/mol. The number of terminal acetylenes is 1. The van der Waals surface area contributed by atoms with Crippen LogP contribution in [0, 0.1) is 12.3 Å². The number of carboxylic acid groups (broad SMARTS) is 1. The summed E-state index contributed by atoms with van der Waals surface area (Å²) in [5.41, 5.74) is 0.605. The molecule has 1 aromatic rings. The maximum Gasteiger partial charge on any atom is 0.327 e. The van der Waals surface area contributed by atoms with Gasteiger partial charge in [-0.15, -0.1) is 12.3 Å². The van der Waals surface area contributed by atoms with Crippen LogP contribution < -0.4 is 15.0 Å². The standard InChI is InChI=1S/C14H16N2O4/c1-4-5-12(13(17)18)15-14(19)16(2)10-6-8-11(20-3)9-7-10/h1,6-9,12H,5H2,2-3H3,(H,15,19)(H,17,18). The first kappa shape index (κ1) is 15.4. The molecule has 0 fully saturated rings. The number of hydrogen-bond donors (Lipinski definition) is 2. The lowest BCUT2D eigenvalue weighted by Gasteiger charge is -2.20. The van der Waals surface area contributed by atoms with Crippen LogP contribution in [0.15, 0.2) is 24.3 Å². The summed E-state index contributed by atoms with van der Waals surface area (Å²) in [6.45, 7) is 0. The lowest BCUT2D eigenvalue weighted by atomic mass is 10.2. The van der Waals surface area contributed by atoms with Gasteiger partial charge in [0.15, 0.2) is 0 Å². The minimum atomic E-state index is -1.17. The van der Waals surface area contributed by atoms with E-state index in [2.05, 4.69) is 11.2 Å². The number of carbonyl (C=O) groups excluding carboxylic acids is 1. The predicted octanol–water partition coefficient (Wildman–Crippen LogP) is 1.32. The first-order chi connectivity index (χ1) is 9.49. The SMILES string of the molecule is C#CCC(NC(=O)N(C)c1ccc(OC)cc1)C(=O)O. The van der Waals surface area contributed by atoms with Crippen LogP contribution >= 0.6 is 0 Å². The highest BCUT2D eigenvalue weighted by Crippen LogP contribution is 2.18. The van der Waals surface area contributed by atoms with E-state index in [0.29, 0.717) is 11.4 Å². The van der Waals surface area contributed by atoms with Gasteiger partial charge < -0.3 is 15.2 Å². The van der Waals surface area contributed by atoms with Crippen molar-refractivity contribution in [2.75, 3.05) is 19.1 Å². The van der Waals surface area contributed by atoms with E-state index in [0.717, 1.165) is 0 Å². The van der Waals surface area contributed by atoms with Gasteiger partial charge in [0, 0.05) is 19.2 Å². The Bertz CT molecular complexity index is 519. The number of hydrogen-bond acceptors (Lipinski definition) is 3. The van der Waals surface area contributed by atoms with Crippen LogP contribution in [0.1, 0.15) is 6.42 Å². The van der Waals surface area contributed by atoms with Gasteiger partial charge in [-0.1, -0.05) is 0 Å². The number of methoxy groups -OCH3 is 1. The minimum absolute atomic E-state index is 0.0719. The van der Waals surface area contributed by atoms with Crippen LogP contribution in [0.2, 0.25) is 0 Å². The van der Waals surface area contributed by atoms with Crippen LogP contribution in [-0.4, -0.2) is 37.3 Å². The Kier molecular flexibility index (Phi) is 5.42. The highest BCUT2D eigenvalue weighted by Gasteiger charge is 2.21. The van der Waals surface area contributed by atoms with Gasteiger partial charge in [-0.2, -0.15) is 0 Å². The van der Waals surface area contributed by atoms with E-state index in [-0.39, 0.29) is 6.42 Å². The van der Waals surface area contributed by atoms with Gasteiger partial charge in [-0.3, -0.25) is 4.90 Å². The summed E-state index contributed by atoms with van der Waals surface area (Å²) in [5, 5.41) is 11.3.